The molecule has 0 unspecified atom stereocenters. The Balaban J connectivity index is 1.81. The molecule has 138 valence electrons. The Labute approximate surface area is 157 Å². The summed E-state index contributed by atoms with van der Waals surface area (Å²) in [5.41, 5.74) is 8.94. The summed E-state index contributed by atoms with van der Waals surface area (Å²) in [7, 11) is 0. The molecule has 3 heterocycles. The van der Waals surface area contributed by atoms with Crippen molar-refractivity contribution in [1.29, 1.82) is 0 Å². The zero-order chi connectivity index (χ0) is 18.6. The van der Waals surface area contributed by atoms with E-state index in [1.54, 1.807) is 12.4 Å². The summed E-state index contributed by atoms with van der Waals surface area (Å²) < 4.78 is 0. The maximum absolute atomic E-state index is 9.43. The fourth-order valence-electron chi connectivity index (χ4n) is 3.59. The third-order valence-electron chi connectivity index (χ3n) is 4.90. The number of nitrogens with zero attached hydrogens (tertiary/aromatic N) is 4. The summed E-state index contributed by atoms with van der Waals surface area (Å²) in [6.07, 6.45) is 6.36. The van der Waals surface area contributed by atoms with Crippen LogP contribution < -0.4 is 11.1 Å². The van der Waals surface area contributed by atoms with E-state index in [0.717, 1.165) is 36.2 Å². The van der Waals surface area contributed by atoms with Gasteiger partial charge in [-0.25, -0.2) is 4.98 Å². The highest BCUT2D eigenvalue weighted by Crippen LogP contribution is 2.36. The van der Waals surface area contributed by atoms with Crippen LogP contribution in [-0.4, -0.2) is 37.7 Å². The van der Waals surface area contributed by atoms with Crippen molar-refractivity contribution in [3.05, 3.63) is 48.8 Å². The molecule has 7 nitrogen and oxygen atoms in total. The molecule has 0 spiro atoms. The highest BCUT2D eigenvalue weighted by molar-refractivity contribution is 5.86. The Morgan fingerprint density at radius 3 is 2.37 bits per heavy atom. The molecule has 1 fully saturated rings. The van der Waals surface area contributed by atoms with Gasteiger partial charge in [0.25, 0.3) is 0 Å². The summed E-state index contributed by atoms with van der Waals surface area (Å²) in [4.78, 5) is 17.9. The van der Waals surface area contributed by atoms with Crippen LogP contribution in [0.3, 0.4) is 0 Å². The van der Waals surface area contributed by atoms with Crippen LogP contribution in [-0.2, 0) is 0 Å². The third kappa shape index (κ3) is 3.73. The number of rotatable bonds is 5. The number of hydrogen-bond acceptors (Lipinski definition) is 7. The molecule has 1 saturated carbocycles. The first-order valence-corrected chi connectivity index (χ1v) is 9.12. The minimum Gasteiger partial charge on any atom is -0.396 e. The van der Waals surface area contributed by atoms with Gasteiger partial charge < -0.3 is 16.2 Å². The van der Waals surface area contributed by atoms with E-state index < -0.39 is 0 Å². The lowest BCUT2D eigenvalue weighted by molar-refractivity contribution is 0.229. The lowest BCUT2D eigenvalue weighted by Gasteiger charge is -2.19. The molecule has 2 atom stereocenters. The van der Waals surface area contributed by atoms with E-state index in [2.05, 4.69) is 25.3 Å². The van der Waals surface area contributed by atoms with Crippen molar-refractivity contribution >= 4 is 11.8 Å². The second-order valence-electron chi connectivity index (χ2n) is 6.79. The Bertz CT molecular complexity index is 903. The number of aliphatic hydroxyl groups is 1. The first kappa shape index (κ1) is 17.4. The van der Waals surface area contributed by atoms with Crippen LogP contribution in [0.1, 0.15) is 19.3 Å². The van der Waals surface area contributed by atoms with E-state index in [-0.39, 0.29) is 18.6 Å². The van der Waals surface area contributed by atoms with Crippen molar-refractivity contribution < 1.29 is 5.11 Å². The smallest absolute Gasteiger partial charge is 0.222 e. The van der Waals surface area contributed by atoms with Gasteiger partial charge in [0.2, 0.25) is 5.95 Å². The number of hydrogen-bond donors (Lipinski definition) is 3. The second kappa shape index (κ2) is 7.67. The molecule has 0 radical (unpaired) electrons. The largest absolute Gasteiger partial charge is 0.396 e. The van der Waals surface area contributed by atoms with Gasteiger partial charge in [-0.15, -0.1) is 0 Å². The van der Waals surface area contributed by atoms with Gasteiger partial charge in [-0.3, -0.25) is 9.97 Å². The summed E-state index contributed by atoms with van der Waals surface area (Å²) in [5.74, 6) is 1.18. The lowest BCUT2D eigenvalue weighted by atomic mass is 10.1. The molecule has 0 amide bonds. The van der Waals surface area contributed by atoms with Gasteiger partial charge in [-0.1, -0.05) is 12.1 Å². The van der Waals surface area contributed by atoms with E-state index in [9.17, 15) is 5.11 Å². The van der Waals surface area contributed by atoms with Crippen LogP contribution in [0.15, 0.2) is 48.8 Å². The first-order valence-electron chi connectivity index (χ1n) is 9.12. The molecule has 3 aromatic heterocycles. The topological polar surface area (TPSA) is 110 Å². The van der Waals surface area contributed by atoms with E-state index in [4.69, 9.17) is 5.73 Å². The quantitative estimate of drug-likeness (QED) is 0.640. The SMILES string of the molecule is Nc1nc(N[C@H]2CC[C@@H](CO)C2)c(-c2ccccn2)c(-c2ccccn2)n1. The molecule has 1 aliphatic carbocycles. The number of nitrogen functional groups attached to an aromatic ring is 1. The molecule has 27 heavy (non-hydrogen) atoms. The average molecular weight is 362 g/mol. The molecule has 0 saturated heterocycles. The second-order valence-corrected chi connectivity index (χ2v) is 6.79. The fourth-order valence-corrected chi connectivity index (χ4v) is 3.59. The molecule has 4 rings (SSSR count). The van der Waals surface area contributed by atoms with Crippen LogP contribution in [0.2, 0.25) is 0 Å². The number of aliphatic hydroxyl groups excluding tert-OH is 1. The Hall–Kier alpha value is -3.06. The number of nitrogens with one attached hydrogen (secondary N) is 1. The van der Waals surface area contributed by atoms with Crippen molar-refractivity contribution in [3.8, 4) is 22.6 Å². The van der Waals surface area contributed by atoms with E-state index >= 15 is 0 Å². The Morgan fingerprint density at radius 2 is 1.74 bits per heavy atom. The Kier molecular flexibility index (Phi) is 4.93. The fraction of sp³-hybridized carbons (Fsp3) is 0.300. The van der Waals surface area contributed by atoms with Crippen molar-refractivity contribution in [2.24, 2.45) is 5.92 Å². The minimum atomic E-state index is 0.189. The molecular formula is C20H22N6O. The van der Waals surface area contributed by atoms with Gasteiger partial charge in [0.15, 0.2) is 0 Å². The van der Waals surface area contributed by atoms with Gasteiger partial charge in [-0.2, -0.15) is 4.98 Å². The first-order chi connectivity index (χ1) is 13.2. The zero-order valence-electron chi connectivity index (χ0n) is 14.9. The van der Waals surface area contributed by atoms with Crippen LogP contribution in [0.4, 0.5) is 11.8 Å². The Morgan fingerprint density at radius 1 is 1.00 bits per heavy atom. The van der Waals surface area contributed by atoms with Crippen molar-refractivity contribution in [1.82, 2.24) is 19.9 Å². The lowest BCUT2D eigenvalue weighted by Crippen LogP contribution is -2.19. The highest BCUT2D eigenvalue weighted by Gasteiger charge is 2.27. The number of aromatic nitrogens is 4. The molecular weight excluding hydrogens is 340 g/mol. The molecule has 1 aliphatic rings. The van der Waals surface area contributed by atoms with Crippen molar-refractivity contribution in [2.75, 3.05) is 17.7 Å². The maximum Gasteiger partial charge on any atom is 0.222 e. The van der Waals surface area contributed by atoms with Crippen molar-refractivity contribution in [2.45, 2.75) is 25.3 Å². The number of pyridine rings is 2. The summed E-state index contributed by atoms with van der Waals surface area (Å²) >= 11 is 0. The molecule has 7 heteroatoms. The summed E-state index contributed by atoms with van der Waals surface area (Å²) in [5, 5.41) is 12.9. The third-order valence-corrected chi connectivity index (χ3v) is 4.90. The monoisotopic (exact) mass is 362 g/mol. The van der Waals surface area contributed by atoms with Crippen LogP contribution in [0.5, 0.6) is 0 Å². The van der Waals surface area contributed by atoms with Crippen molar-refractivity contribution in [3.63, 3.8) is 0 Å². The molecule has 0 aliphatic heterocycles. The molecule has 0 aromatic carbocycles. The standard InChI is InChI=1S/C20H22N6O/c21-20-25-18(16-6-2-4-10-23-16)17(15-5-1-3-9-22-15)19(26-20)24-14-8-7-13(11-14)12-27/h1-6,9-10,13-14,27H,7-8,11-12H2,(H3,21,24,25,26)/t13-,14+/m1/s1. The van der Waals surface area contributed by atoms with Crippen LogP contribution >= 0.6 is 0 Å². The van der Waals surface area contributed by atoms with Gasteiger partial charge >= 0.3 is 0 Å². The molecule has 3 aromatic rings. The number of nitrogens with two attached hydrogens (primary N) is 1. The highest BCUT2D eigenvalue weighted by atomic mass is 16.3. The molecule has 4 N–H and O–H groups in total. The van der Waals surface area contributed by atoms with Gasteiger partial charge in [0, 0.05) is 25.0 Å². The van der Waals surface area contributed by atoms with E-state index in [0.29, 0.717) is 17.4 Å². The molecule has 0 bridgehead atoms. The maximum atomic E-state index is 9.43. The van der Waals surface area contributed by atoms with Gasteiger partial charge in [-0.05, 0) is 49.4 Å². The van der Waals surface area contributed by atoms with Gasteiger partial charge in [0.1, 0.15) is 11.5 Å². The van der Waals surface area contributed by atoms with Crippen LogP contribution in [0.25, 0.3) is 22.6 Å². The predicted molar refractivity (Wildman–Crippen MR) is 105 cm³/mol. The summed E-state index contributed by atoms with van der Waals surface area (Å²) in [6, 6.07) is 11.6. The van der Waals surface area contributed by atoms with Gasteiger partial charge in [0.05, 0.1) is 17.0 Å². The number of anilines is 2. The van der Waals surface area contributed by atoms with E-state index in [1.807, 2.05) is 36.4 Å². The van der Waals surface area contributed by atoms with Crippen LogP contribution in [0, 0.1) is 5.92 Å². The van der Waals surface area contributed by atoms with E-state index in [1.165, 1.54) is 0 Å². The normalized spacial score (nSPS) is 19.1. The zero-order valence-corrected chi connectivity index (χ0v) is 14.9. The average Bonchev–Trinajstić information content (AvgIpc) is 3.16. The predicted octanol–water partition coefficient (Wildman–Crippen LogP) is 2.76. The minimum absolute atomic E-state index is 0.189. The summed E-state index contributed by atoms with van der Waals surface area (Å²) in [6.45, 7) is 0.219.